The molecule has 0 unspecified atom stereocenters. The van der Waals surface area contributed by atoms with Crippen molar-refractivity contribution in [3.8, 4) is 11.5 Å². The number of phenolic OH excluding ortho intramolecular Hbond substituents is 1. The van der Waals surface area contributed by atoms with Crippen LogP contribution < -0.4 is 4.74 Å². The molecular weight excluding hydrogens is 283 g/mol. The van der Waals surface area contributed by atoms with Crippen LogP contribution in [0.15, 0.2) is 34.7 Å². The summed E-state index contributed by atoms with van der Waals surface area (Å²) < 4.78 is 10.7. The lowest BCUT2D eigenvalue weighted by Gasteiger charge is -2.10. The molecule has 0 aliphatic heterocycles. The van der Waals surface area contributed by atoms with Crippen LogP contribution in [0.5, 0.6) is 11.5 Å². The molecule has 2 radical (unpaired) electrons. The highest BCUT2D eigenvalue weighted by atomic mass is 16.5. The zero-order valence-corrected chi connectivity index (χ0v) is 11.8. The SMILES string of the molecule is [B]CC(=O)Oc1c2ccccc2c(O)c2oc(C(C)=O)cc12. The van der Waals surface area contributed by atoms with Crippen molar-refractivity contribution >= 4 is 41.3 Å². The van der Waals surface area contributed by atoms with Crippen LogP contribution in [0, 0.1) is 0 Å². The van der Waals surface area contributed by atoms with E-state index in [1.807, 2.05) is 0 Å². The smallest absolute Gasteiger partial charge is 0.302 e. The molecule has 3 aromatic rings. The first-order chi connectivity index (χ1) is 10.5. The van der Waals surface area contributed by atoms with E-state index in [1.165, 1.54) is 13.0 Å². The molecule has 0 saturated carbocycles. The Hall–Kier alpha value is -2.76. The number of benzene rings is 2. The first-order valence-electron chi connectivity index (χ1n) is 6.61. The number of ether oxygens (including phenoxy) is 1. The molecule has 1 N–H and O–H groups in total. The highest BCUT2D eigenvalue weighted by Crippen LogP contribution is 2.43. The number of rotatable bonds is 3. The van der Waals surface area contributed by atoms with Crippen molar-refractivity contribution in [3.05, 3.63) is 36.1 Å². The number of hydrogen-bond donors (Lipinski definition) is 1. The quantitative estimate of drug-likeness (QED) is 0.348. The Labute approximate surface area is 126 Å². The van der Waals surface area contributed by atoms with Gasteiger partial charge in [0.1, 0.15) is 5.75 Å². The van der Waals surface area contributed by atoms with Crippen molar-refractivity contribution in [2.75, 3.05) is 0 Å². The van der Waals surface area contributed by atoms with E-state index in [4.69, 9.17) is 17.0 Å². The van der Waals surface area contributed by atoms with Gasteiger partial charge in [0.25, 0.3) is 0 Å². The molecule has 0 spiro atoms. The van der Waals surface area contributed by atoms with Gasteiger partial charge in [-0.25, -0.2) is 0 Å². The predicted molar refractivity (Wildman–Crippen MR) is 81.6 cm³/mol. The Kier molecular flexibility index (Phi) is 3.37. The molecule has 0 saturated heterocycles. The monoisotopic (exact) mass is 294 g/mol. The van der Waals surface area contributed by atoms with Crippen LogP contribution >= 0.6 is 0 Å². The maximum absolute atomic E-state index is 11.6. The number of Topliss-reactive ketones (excluding diaryl/α,β-unsaturated/α-hetero) is 1. The fourth-order valence-corrected chi connectivity index (χ4v) is 2.33. The summed E-state index contributed by atoms with van der Waals surface area (Å²) in [4.78, 5) is 23.1. The summed E-state index contributed by atoms with van der Waals surface area (Å²) in [6, 6.07) is 8.30. The number of aromatic hydroxyl groups is 1. The molecule has 1 heterocycles. The van der Waals surface area contributed by atoms with Crippen LogP contribution in [0.2, 0.25) is 6.32 Å². The molecule has 1 aromatic heterocycles. The van der Waals surface area contributed by atoms with Gasteiger partial charge in [0.2, 0.25) is 0 Å². The molecule has 22 heavy (non-hydrogen) atoms. The van der Waals surface area contributed by atoms with Gasteiger partial charge in [0.05, 0.1) is 13.2 Å². The Morgan fingerprint density at radius 2 is 1.91 bits per heavy atom. The number of carbonyl (C=O) groups excluding carboxylic acids is 2. The van der Waals surface area contributed by atoms with Crippen LogP contribution in [0.3, 0.4) is 0 Å². The van der Waals surface area contributed by atoms with E-state index in [-0.39, 0.29) is 34.9 Å². The van der Waals surface area contributed by atoms with Gasteiger partial charge in [0, 0.05) is 24.0 Å². The van der Waals surface area contributed by atoms with Crippen molar-refractivity contribution in [1.29, 1.82) is 0 Å². The standard InChI is InChI=1S/C16H11BO5/c1-8(18)12-6-11-15(22-13(19)7-17)10-5-3-2-4-9(10)14(20)16(11)21-12/h2-6,20H,7H2,1H3. The van der Waals surface area contributed by atoms with Crippen molar-refractivity contribution in [3.63, 3.8) is 0 Å². The van der Waals surface area contributed by atoms with Gasteiger partial charge in [-0.05, 0) is 6.07 Å². The minimum Gasteiger partial charge on any atom is -0.504 e. The molecule has 0 aliphatic carbocycles. The van der Waals surface area contributed by atoms with Crippen LogP contribution in [-0.4, -0.2) is 24.7 Å². The van der Waals surface area contributed by atoms with Crippen molar-refractivity contribution < 1.29 is 23.8 Å². The van der Waals surface area contributed by atoms with Gasteiger partial charge in [-0.1, -0.05) is 24.3 Å². The molecule has 2 aromatic carbocycles. The Morgan fingerprint density at radius 3 is 2.55 bits per heavy atom. The first-order valence-corrected chi connectivity index (χ1v) is 6.61. The van der Waals surface area contributed by atoms with E-state index < -0.39 is 5.97 Å². The van der Waals surface area contributed by atoms with E-state index >= 15 is 0 Å². The fourth-order valence-electron chi connectivity index (χ4n) is 2.33. The molecule has 108 valence electrons. The van der Waals surface area contributed by atoms with E-state index in [9.17, 15) is 14.7 Å². The summed E-state index contributed by atoms with van der Waals surface area (Å²) in [6.07, 6.45) is -0.284. The minimum absolute atomic E-state index is 0.0747. The molecule has 0 bridgehead atoms. The zero-order valence-electron chi connectivity index (χ0n) is 11.8. The minimum atomic E-state index is -0.622. The number of phenols is 1. The summed E-state index contributed by atoms with van der Waals surface area (Å²) in [6.45, 7) is 1.35. The van der Waals surface area contributed by atoms with E-state index in [0.717, 1.165) is 0 Å². The van der Waals surface area contributed by atoms with Crippen LogP contribution in [-0.2, 0) is 4.79 Å². The van der Waals surface area contributed by atoms with Crippen LogP contribution in [0.4, 0.5) is 0 Å². The van der Waals surface area contributed by atoms with E-state index in [1.54, 1.807) is 24.3 Å². The number of fused-ring (bicyclic) bond motifs is 2. The third kappa shape index (κ3) is 2.13. The molecule has 0 atom stereocenters. The summed E-state index contributed by atoms with van der Waals surface area (Å²) in [5.74, 6) is -0.732. The summed E-state index contributed by atoms with van der Waals surface area (Å²) >= 11 is 0. The topological polar surface area (TPSA) is 76.7 Å². The van der Waals surface area contributed by atoms with Crippen molar-refractivity contribution in [2.45, 2.75) is 13.2 Å². The van der Waals surface area contributed by atoms with Gasteiger partial charge < -0.3 is 14.3 Å². The van der Waals surface area contributed by atoms with Gasteiger partial charge in [-0.3, -0.25) is 9.59 Å². The molecule has 0 fully saturated rings. The number of furan rings is 1. The average Bonchev–Trinajstić information content (AvgIpc) is 2.97. The van der Waals surface area contributed by atoms with Gasteiger partial charge in [-0.2, -0.15) is 0 Å². The van der Waals surface area contributed by atoms with Crippen LogP contribution in [0.25, 0.3) is 21.7 Å². The number of carbonyl (C=O) groups is 2. The molecular formula is C16H11BO5. The molecule has 3 rings (SSSR count). The molecule has 0 amide bonds. The average molecular weight is 294 g/mol. The maximum atomic E-state index is 11.6. The Bertz CT molecular complexity index is 910. The van der Waals surface area contributed by atoms with Gasteiger partial charge in [0.15, 0.2) is 22.9 Å². The number of esters is 1. The third-order valence-electron chi connectivity index (χ3n) is 3.35. The van der Waals surface area contributed by atoms with E-state index in [0.29, 0.717) is 16.2 Å². The van der Waals surface area contributed by atoms with Gasteiger partial charge in [-0.15, -0.1) is 0 Å². The summed E-state index contributed by atoms with van der Waals surface area (Å²) in [7, 11) is 5.29. The molecule has 5 nitrogen and oxygen atoms in total. The number of hydrogen-bond acceptors (Lipinski definition) is 5. The second-order valence-corrected chi connectivity index (χ2v) is 4.81. The lowest BCUT2D eigenvalue weighted by atomic mass is 10.0. The highest BCUT2D eigenvalue weighted by Gasteiger charge is 2.21. The number of ketones is 1. The lowest BCUT2D eigenvalue weighted by molar-refractivity contribution is -0.131. The first kappa shape index (κ1) is 14.2. The van der Waals surface area contributed by atoms with Crippen molar-refractivity contribution in [1.82, 2.24) is 0 Å². The van der Waals surface area contributed by atoms with Crippen LogP contribution in [0.1, 0.15) is 17.5 Å². The Balaban J connectivity index is 2.42. The zero-order chi connectivity index (χ0) is 15.9. The molecule has 6 heteroatoms. The largest absolute Gasteiger partial charge is 0.504 e. The second-order valence-electron chi connectivity index (χ2n) is 4.81. The van der Waals surface area contributed by atoms with Gasteiger partial charge >= 0.3 is 5.97 Å². The summed E-state index contributed by atoms with van der Waals surface area (Å²) in [5, 5.41) is 11.7. The predicted octanol–water partition coefficient (Wildman–Crippen LogP) is 2.99. The summed E-state index contributed by atoms with van der Waals surface area (Å²) in [5.41, 5.74) is 0.101. The van der Waals surface area contributed by atoms with E-state index in [2.05, 4.69) is 0 Å². The van der Waals surface area contributed by atoms with Crippen molar-refractivity contribution in [2.24, 2.45) is 0 Å². The third-order valence-corrected chi connectivity index (χ3v) is 3.35. The lowest BCUT2D eigenvalue weighted by Crippen LogP contribution is -2.07. The Morgan fingerprint density at radius 1 is 1.23 bits per heavy atom. The second kappa shape index (κ2) is 5.22. The molecule has 0 aliphatic rings. The maximum Gasteiger partial charge on any atom is 0.302 e. The normalized spacial score (nSPS) is 11.0. The highest BCUT2D eigenvalue weighted by molar-refractivity contribution is 6.19. The fraction of sp³-hybridized carbons (Fsp3) is 0.125.